The van der Waals surface area contributed by atoms with Crippen LogP contribution in [0, 0.1) is 17.2 Å². The lowest BCUT2D eigenvalue weighted by molar-refractivity contribution is 0.390. The van der Waals surface area contributed by atoms with Crippen molar-refractivity contribution in [3.05, 3.63) is 54.6 Å². The number of anilines is 3. The van der Waals surface area contributed by atoms with Gasteiger partial charge in [-0.25, -0.2) is 9.97 Å². The molecule has 32 heavy (non-hydrogen) atoms. The van der Waals surface area contributed by atoms with E-state index in [0.717, 1.165) is 60.3 Å². The summed E-state index contributed by atoms with van der Waals surface area (Å²) in [5.41, 5.74) is 4.07. The van der Waals surface area contributed by atoms with E-state index >= 15 is 0 Å². The van der Waals surface area contributed by atoms with Crippen molar-refractivity contribution in [1.29, 1.82) is 5.26 Å². The first-order chi connectivity index (χ1) is 15.8. The Labute approximate surface area is 185 Å². The lowest BCUT2D eigenvalue weighted by Gasteiger charge is -2.24. The number of hydrogen-bond acceptors (Lipinski definition) is 8. The van der Waals surface area contributed by atoms with Crippen LogP contribution in [0.1, 0.15) is 18.5 Å². The molecule has 0 bridgehead atoms. The average Bonchev–Trinajstić information content (AvgIpc) is 3.33. The lowest BCUT2D eigenvalue weighted by atomic mass is 9.98. The maximum atomic E-state index is 8.91. The first-order valence-electron chi connectivity index (χ1n) is 10.7. The number of piperidine rings is 1. The van der Waals surface area contributed by atoms with Crippen LogP contribution < -0.4 is 16.0 Å². The van der Waals surface area contributed by atoms with E-state index in [1.54, 1.807) is 0 Å². The molecule has 0 spiro atoms. The second-order valence-corrected chi connectivity index (χ2v) is 7.83. The molecule has 1 saturated heterocycles. The van der Waals surface area contributed by atoms with Crippen LogP contribution in [0.2, 0.25) is 0 Å². The molecule has 0 aliphatic carbocycles. The molecule has 160 valence electrons. The lowest BCUT2D eigenvalue weighted by Crippen LogP contribution is -2.31. The Kier molecular flexibility index (Phi) is 5.59. The fourth-order valence-electron chi connectivity index (χ4n) is 4.00. The summed E-state index contributed by atoms with van der Waals surface area (Å²) in [5, 5.41) is 29.1. The Morgan fingerprint density at radius 3 is 2.78 bits per heavy atom. The SMILES string of the molecule is N#Cc1cnc(Nc2cc(NCC3CCNCC3)c(-c3cccc4[nH]ccc34)nn2)cn1. The highest BCUT2D eigenvalue weighted by atomic mass is 15.2. The number of rotatable bonds is 6. The van der Waals surface area contributed by atoms with E-state index in [2.05, 4.69) is 53.2 Å². The Morgan fingerprint density at radius 2 is 1.97 bits per heavy atom. The van der Waals surface area contributed by atoms with Gasteiger partial charge in [-0.3, -0.25) is 0 Å². The van der Waals surface area contributed by atoms with Crippen molar-refractivity contribution in [3.8, 4) is 17.3 Å². The first-order valence-corrected chi connectivity index (χ1v) is 10.7. The average molecular weight is 426 g/mol. The third-order valence-electron chi connectivity index (χ3n) is 5.71. The van der Waals surface area contributed by atoms with Crippen LogP contribution >= 0.6 is 0 Å². The molecule has 4 N–H and O–H groups in total. The zero-order valence-electron chi connectivity index (χ0n) is 17.5. The van der Waals surface area contributed by atoms with Gasteiger partial charge >= 0.3 is 0 Å². The summed E-state index contributed by atoms with van der Waals surface area (Å²) in [5.74, 6) is 1.67. The Hall–Kier alpha value is -4.03. The van der Waals surface area contributed by atoms with Gasteiger partial charge in [0.05, 0.1) is 18.1 Å². The Balaban J connectivity index is 1.47. The Bertz CT molecular complexity index is 1250. The molecule has 1 aliphatic heterocycles. The molecule has 1 aliphatic rings. The third kappa shape index (κ3) is 4.22. The van der Waals surface area contributed by atoms with Crippen LogP contribution in [-0.2, 0) is 0 Å². The molecule has 0 amide bonds. The third-order valence-corrected chi connectivity index (χ3v) is 5.71. The van der Waals surface area contributed by atoms with E-state index < -0.39 is 0 Å². The standard InChI is InChI=1S/C23H23N9/c24-11-16-13-29-22(14-27-16)30-21-10-20(28-12-15-4-7-25-8-5-15)23(32-31-21)18-2-1-3-19-17(18)6-9-26-19/h1-3,6,9-10,13-15,25-26H,4-5,7-8,12H2,(H2,28,29,30,31). The quantitative estimate of drug-likeness (QED) is 0.370. The summed E-state index contributed by atoms with van der Waals surface area (Å²) in [6.45, 7) is 2.99. The summed E-state index contributed by atoms with van der Waals surface area (Å²) in [7, 11) is 0. The van der Waals surface area contributed by atoms with Gasteiger partial charge in [-0.05, 0) is 44.0 Å². The summed E-state index contributed by atoms with van der Waals surface area (Å²) < 4.78 is 0. The van der Waals surface area contributed by atoms with Gasteiger partial charge in [0.25, 0.3) is 0 Å². The van der Waals surface area contributed by atoms with Crippen molar-refractivity contribution in [1.82, 2.24) is 30.5 Å². The molecule has 9 heteroatoms. The minimum Gasteiger partial charge on any atom is -0.383 e. The van der Waals surface area contributed by atoms with E-state index in [0.29, 0.717) is 17.6 Å². The van der Waals surface area contributed by atoms with Crippen molar-refractivity contribution < 1.29 is 0 Å². The van der Waals surface area contributed by atoms with Crippen LogP contribution in [0.4, 0.5) is 17.3 Å². The monoisotopic (exact) mass is 425 g/mol. The molecular weight excluding hydrogens is 402 g/mol. The maximum Gasteiger partial charge on any atom is 0.158 e. The molecule has 0 saturated carbocycles. The molecule has 0 radical (unpaired) electrons. The number of H-pyrrole nitrogens is 1. The highest BCUT2D eigenvalue weighted by Crippen LogP contribution is 2.33. The van der Waals surface area contributed by atoms with Gasteiger partial charge in [-0.1, -0.05) is 12.1 Å². The van der Waals surface area contributed by atoms with Gasteiger partial charge in [-0.2, -0.15) is 5.26 Å². The highest BCUT2D eigenvalue weighted by Gasteiger charge is 2.17. The molecule has 0 atom stereocenters. The fraction of sp³-hybridized carbons (Fsp3) is 0.261. The number of benzene rings is 1. The number of aromatic nitrogens is 5. The van der Waals surface area contributed by atoms with Gasteiger partial charge in [0, 0.05) is 35.3 Å². The number of nitriles is 1. The van der Waals surface area contributed by atoms with E-state index in [1.807, 2.05) is 30.5 Å². The van der Waals surface area contributed by atoms with Crippen molar-refractivity contribution in [2.45, 2.75) is 12.8 Å². The number of nitrogens with zero attached hydrogens (tertiary/aromatic N) is 5. The zero-order valence-corrected chi connectivity index (χ0v) is 17.5. The van der Waals surface area contributed by atoms with E-state index in [1.165, 1.54) is 12.4 Å². The first kappa shape index (κ1) is 19.9. The van der Waals surface area contributed by atoms with E-state index in [9.17, 15) is 0 Å². The predicted octanol–water partition coefficient (Wildman–Crippen LogP) is 3.44. The fourth-order valence-corrected chi connectivity index (χ4v) is 4.00. The molecule has 4 aromatic rings. The van der Waals surface area contributed by atoms with Gasteiger partial charge in [0.1, 0.15) is 17.6 Å². The van der Waals surface area contributed by atoms with Gasteiger partial charge in [0.2, 0.25) is 0 Å². The second kappa shape index (κ2) is 8.99. The number of aromatic amines is 1. The van der Waals surface area contributed by atoms with Gasteiger partial charge in [0.15, 0.2) is 11.5 Å². The molecule has 9 nitrogen and oxygen atoms in total. The molecule has 5 rings (SSSR count). The number of fused-ring (bicyclic) bond motifs is 1. The molecule has 1 fully saturated rings. The Morgan fingerprint density at radius 1 is 1.06 bits per heavy atom. The van der Waals surface area contributed by atoms with Crippen LogP contribution in [0.5, 0.6) is 0 Å². The summed E-state index contributed by atoms with van der Waals surface area (Å²) in [6, 6.07) is 12.1. The highest BCUT2D eigenvalue weighted by molar-refractivity contribution is 5.97. The largest absolute Gasteiger partial charge is 0.383 e. The van der Waals surface area contributed by atoms with Crippen LogP contribution in [-0.4, -0.2) is 44.8 Å². The number of nitrogens with one attached hydrogen (secondary N) is 4. The molecule has 0 unspecified atom stereocenters. The molecule has 1 aromatic carbocycles. The smallest absolute Gasteiger partial charge is 0.158 e. The summed E-state index contributed by atoms with van der Waals surface area (Å²) >= 11 is 0. The maximum absolute atomic E-state index is 8.91. The normalized spacial score (nSPS) is 14.2. The minimum absolute atomic E-state index is 0.265. The van der Waals surface area contributed by atoms with Crippen molar-refractivity contribution in [3.63, 3.8) is 0 Å². The van der Waals surface area contributed by atoms with Crippen molar-refractivity contribution in [2.75, 3.05) is 30.3 Å². The second-order valence-electron chi connectivity index (χ2n) is 7.83. The van der Waals surface area contributed by atoms with Crippen LogP contribution in [0.25, 0.3) is 22.2 Å². The molecule has 4 heterocycles. The zero-order chi connectivity index (χ0) is 21.8. The van der Waals surface area contributed by atoms with Crippen LogP contribution in [0.15, 0.2) is 48.9 Å². The summed E-state index contributed by atoms with van der Waals surface area (Å²) in [6.07, 6.45) is 7.17. The molecule has 3 aromatic heterocycles. The van der Waals surface area contributed by atoms with Crippen LogP contribution in [0.3, 0.4) is 0 Å². The van der Waals surface area contributed by atoms with Crippen molar-refractivity contribution >= 4 is 28.2 Å². The van der Waals surface area contributed by atoms with Crippen molar-refractivity contribution in [2.24, 2.45) is 5.92 Å². The summed E-state index contributed by atoms with van der Waals surface area (Å²) in [4.78, 5) is 11.5. The van der Waals surface area contributed by atoms with E-state index in [-0.39, 0.29) is 5.69 Å². The topological polar surface area (TPSA) is 127 Å². The minimum atomic E-state index is 0.265. The van der Waals surface area contributed by atoms with Gasteiger partial charge < -0.3 is 20.9 Å². The van der Waals surface area contributed by atoms with Gasteiger partial charge in [-0.15, -0.1) is 10.2 Å². The number of hydrogen-bond donors (Lipinski definition) is 4. The van der Waals surface area contributed by atoms with E-state index in [4.69, 9.17) is 5.26 Å². The molecular formula is C23H23N9. The predicted molar refractivity (Wildman–Crippen MR) is 123 cm³/mol.